The summed E-state index contributed by atoms with van der Waals surface area (Å²) in [5, 5.41) is 9.39. The molecule has 414 valence electrons. The van der Waals surface area contributed by atoms with E-state index in [1.165, 1.54) is 43.1 Å². The smallest absolute Gasteiger partial charge is 0.121 e. The summed E-state index contributed by atoms with van der Waals surface area (Å²) in [4.78, 5) is 9.44. The van der Waals surface area contributed by atoms with Crippen molar-refractivity contribution in [1.82, 2.24) is 0 Å². The first kappa shape index (κ1) is 53.0. The number of anilines is 12. The average Bonchev–Trinajstić information content (AvgIpc) is 3.63. The van der Waals surface area contributed by atoms with Gasteiger partial charge in [0.25, 0.3) is 0 Å². The highest BCUT2D eigenvalue weighted by molar-refractivity contribution is 6.03. The van der Waals surface area contributed by atoms with Gasteiger partial charge >= 0.3 is 0 Å². The number of methoxy groups -OCH3 is 2. The molecule has 14 aromatic rings. The van der Waals surface area contributed by atoms with Crippen molar-refractivity contribution in [3.05, 3.63) is 314 Å². The summed E-state index contributed by atoms with van der Waals surface area (Å²) in [5.41, 5.74) is 17.2. The van der Waals surface area contributed by atoms with Crippen LogP contribution in [0.5, 0.6) is 11.5 Å². The van der Waals surface area contributed by atoms with E-state index in [9.17, 15) is 0 Å². The van der Waals surface area contributed by atoms with Crippen LogP contribution in [0.4, 0.5) is 68.2 Å². The second kappa shape index (κ2) is 22.9. The second-order valence-electron chi connectivity index (χ2n) is 21.9. The number of aryl methyl sites for hydroxylation is 2. The molecule has 0 saturated carbocycles. The molecule has 0 heterocycles. The maximum Gasteiger partial charge on any atom is 0.121 e. The summed E-state index contributed by atoms with van der Waals surface area (Å²) in [7, 11) is 3.46. The molecule has 0 aliphatic rings. The number of hydrogen-bond acceptors (Lipinski definition) is 6. The first-order chi connectivity index (χ1) is 42.3. The maximum absolute atomic E-state index is 5.83. The highest BCUT2D eigenvalue weighted by atomic mass is 16.5. The first-order valence-corrected chi connectivity index (χ1v) is 29.2. The van der Waals surface area contributed by atoms with Crippen LogP contribution in [-0.2, 0) is 0 Å². The molecule has 0 amide bonds. The van der Waals surface area contributed by atoms with Crippen LogP contribution in [0.2, 0.25) is 0 Å². The van der Waals surface area contributed by atoms with Crippen molar-refractivity contribution in [1.29, 1.82) is 0 Å². The largest absolute Gasteiger partial charge is 0.497 e. The van der Waals surface area contributed by atoms with Gasteiger partial charge in [-0.25, -0.2) is 0 Å². The van der Waals surface area contributed by atoms with Crippen molar-refractivity contribution in [3.8, 4) is 22.6 Å². The molecule has 0 N–H and O–H groups in total. The van der Waals surface area contributed by atoms with Gasteiger partial charge in [-0.15, -0.1) is 0 Å². The Morgan fingerprint density at radius 1 is 0.221 bits per heavy atom. The summed E-state index contributed by atoms with van der Waals surface area (Å²) in [6.07, 6.45) is 0. The lowest BCUT2D eigenvalue weighted by Crippen LogP contribution is -2.13. The molecule has 0 atom stereocenters. The van der Waals surface area contributed by atoms with E-state index in [1.807, 2.05) is 0 Å². The van der Waals surface area contributed by atoms with Crippen LogP contribution in [0.3, 0.4) is 0 Å². The summed E-state index contributed by atoms with van der Waals surface area (Å²) in [6, 6.07) is 109. The molecule has 0 aromatic heterocycles. The van der Waals surface area contributed by atoms with Crippen LogP contribution in [0.15, 0.2) is 303 Å². The Bertz CT molecular complexity index is 4440. The van der Waals surface area contributed by atoms with Crippen molar-refractivity contribution in [2.75, 3.05) is 33.8 Å². The molecule has 86 heavy (non-hydrogen) atoms. The van der Waals surface area contributed by atoms with Crippen LogP contribution in [0, 0.1) is 13.8 Å². The average molecular weight is 1110 g/mol. The van der Waals surface area contributed by atoms with Crippen LogP contribution in [0.1, 0.15) is 11.1 Å². The Labute approximate surface area is 502 Å². The van der Waals surface area contributed by atoms with E-state index in [0.717, 1.165) is 102 Å². The van der Waals surface area contributed by atoms with Crippen LogP contribution in [0.25, 0.3) is 54.2 Å². The third-order valence-electron chi connectivity index (χ3n) is 16.4. The van der Waals surface area contributed by atoms with E-state index >= 15 is 0 Å². The normalized spacial score (nSPS) is 11.3. The number of hydrogen-bond donors (Lipinski definition) is 0. The fraction of sp³-hybridized carbons (Fsp3) is 0.0500. The Morgan fingerprint density at radius 2 is 0.453 bits per heavy atom. The van der Waals surface area contributed by atoms with Crippen molar-refractivity contribution >= 4 is 111 Å². The molecule has 14 rings (SSSR count). The lowest BCUT2D eigenvalue weighted by Gasteiger charge is -2.30. The van der Waals surface area contributed by atoms with Gasteiger partial charge in [0.2, 0.25) is 0 Å². The summed E-state index contributed by atoms with van der Waals surface area (Å²) >= 11 is 0. The number of ether oxygens (including phenoxy) is 2. The molecule has 0 radical (unpaired) electrons. The number of benzene rings is 14. The Hall–Kier alpha value is -11.1. The first-order valence-electron chi connectivity index (χ1n) is 29.2. The molecule has 0 fully saturated rings. The number of nitrogens with zero attached hydrogens (tertiary/aromatic N) is 4. The van der Waals surface area contributed by atoms with E-state index in [1.54, 1.807) is 14.2 Å². The van der Waals surface area contributed by atoms with Gasteiger partial charge in [-0.1, -0.05) is 170 Å². The van der Waals surface area contributed by atoms with Gasteiger partial charge in [0.15, 0.2) is 0 Å². The minimum atomic E-state index is 0.814. The highest BCUT2D eigenvalue weighted by Crippen LogP contribution is 2.47. The zero-order valence-corrected chi connectivity index (χ0v) is 48.5. The van der Waals surface area contributed by atoms with Crippen LogP contribution >= 0.6 is 0 Å². The topological polar surface area (TPSA) is 31.4 Å². The van der Waals surface area contributed by atoms with Gasteiger partial charge in [0, 0.05) is 67.8 Å². The van der Waals surface area contributed by atoms with Gasteiger partial charge in [0.05, 0.1) is 48.3 Å². The minimum absolute atomic E-state index is 0.814. The van der Waals surface area contributed by atoms with E-state index < -0.39 is 0 Å². The lowest BCUT2D eigenvalue weighted by atomic mass is 10.0. The van der Waals surface area contributed by atoms with Gasteiger partial charge in [0.1, 0.15) is 11.5 Å². The lowest BCUT2D eigenvalue weighted by molar-refractivity contribution is 0.414. The molecule has 0 spiro atoms. The molecule has 6 nitrogen and oxygen atoms in total. The zero-order valence-electron chi connectivity index (χ0n) is 48.5. The van der Waals surface area contributed by atoms with Gasteiger partial charge in [-0.3, -0.25) is 0 Å². The SMILES string of the molecule is COc1cc(C)cc(N(c2ccc(N(c3ccc(-c4ccc(N(c5ccc(N(c6cc(C)cc(OC)c6)c6cccc7ccccc67)cc5)c5cccc6ccccc56)cc4)cc3)c3cccc4ccccc34)cc2)c2cccc3ccccc23)c1. The molecular weight excluding hydrogens is 1050 g/mol. The van der Waals surface area contributed by atoms with E-state index in [0.29, 0.717) is 0 Å². The molecule has 14 aromatic carbocycles. The Balaban J connectivity index is 0.825. The molecule has 0 aliphatic heterocycles. The minimum Gasteiger partial charge on any atom is -0.497 e. The fourth-order valence-corrected chi connectivity index (χ4v) is 12.4. The second-order valence-corrected chi connectivity index (χ2v) is 21.9. The van der Waals surface area contributed by atoms with Crippen LogP contribution < -0.4 is 29.1 Å². The third kappa shape index (κ3) is 10.1. The third-order valence-corrected chi connectivity index (χ3v) is 16.4. The maximum atomic E-state index is 5.83. The molecule has 6 heteroatoms. The van der Waals surface area contributed by atoms with E-state index in [2.05, 4.69) is 337 Å². The summed E-state index contributed by atoms with van der Waals surface area (Å²) in [6.45, 7) is 4.24. The predicted molar refractivity (Wildman–Crippen MR) is 363 cm³/mol. The van der Waals surface area contributed by atoms with Crippen molar-refractivity contribution < 1.29 is 9.47 Å². The molecular formula is C80H62N4O2. The highest BCUT2D eigenvalue weighted by Gasteiger charge is 2.23. The van der Waals surface area contributed by atoms with Gasteiger partial charge in [-0.2, -0.15) is 0 Å². The summed E-state index contributed by atoms with van der Waals surface area (Å²) in [5.74, 6) is 1.63. The van der Waals surface area contributed by atoms with Gasteiger partial charge in [-0.05, 0) is 179 Å². The molecule has 0 bridgehead atoms. The van der Waals surface area contributed by atoms with Crippen molar-refractivity contribution in [2.24, 2.45) is 0 Å². The van der Waals surface area contributed by atoms with E-state index in [-0.39, 0.29) is 0 Å². The molecule has 0 saturated heterocycles. The molecule has 0 unspecified atom stereocenters. The fourth-order valence-electron chi connectivity index (χ4n) is 12.4. The van der Waals surface area contributed by atoms with Crippen molar-refractivity contribution in [2.45, 2.75) is 13.8 Å². The Morgan fingerprint density at radius 3 is 0.721 bits per heavy atom. The molecule has 0 aliphatic carbocycles. The Kier molecular flexibility index (Phi) is 14.1. The number of fused-ring (bicyclic) bond motifs is 4. The monoisotopic (exact) mass is 1110 g/mol. The van der Waals surface area contributed by atoms with Gasteiger partial charge < -0.3 is 29.1 Å². The summed E-state index contributed by atoms with van der Waals surface area (Å²) < 4.78 is 11.7. The standard InChI is InChI=1S/C80H62N4O2/c1-55-49-69(53-71(51-55)85-3)83(79-31-15-23-61-19-7-11-27-75(61)79)67-45-41-65(42-46-67)81(77-29-13-21-59-17-5-9-25-73(59)77)63-37-33-57(34-38-63)58-35-39-64(40-36-58)82(78-30-14-22-60-18-6-10-26-74(60)78)66-43-47-68(48-44-66)84(70-50-56(2)52-72(54-70)86-4)80-32-16-24-62-20-8-12-28-76(62)80/h5-54H,1-4H3. The van der Waals surface area contributed by atoms with E-state index in [4.69, 9.17) is 9.47 Å². The zero-order chi connectivity index (χ0) is 58.1. The number of rotatable bonds is 15. The predicted octanol–water partition coefficient (Wildman–Crippen LogP) is 22.5. The van der Waals surface area contributed by atoms with Crippen molar-refractivity contribution in [3.63, 3.8) is 0 Å². The van der Waals surface area contributed by atoms with Crippen LogP contribution in [-0.4, -0.2) is 14.2 Å². The quantitative estimate of drug-likeness (QED) is 0.102.